The molecule has 0 spiro atoms. The lowest BCUT2D eigenvalue weighted by molar-refractivity contribution is 0.126. The molecule has 0 aliphatic rings. The zero-order chi connectivity index (χ0) is 8.53. The quantitative estimate of drug-likeness (QED) is 0.331. The second-order valence-corrected chi connectivity index (χ2v) is 3.69. The van der Waals surface area contributed by atoms with Gasteiger partial charge in [-0.2, -0.15) is 0 Å². The molecule has 0 saturated heterocycles. The fourth-order valence-electron chi connectivity index (χ4n) is 0.632. The molecular formula is C8H18INO. The van der Waals surface area contributed by atoms with Crippen LogP contribution in [0.4, 0.5) is 0 Å². The fourth-order valence-corrected chi connectivity index (χ4v) is 1.01. The van der Waals surface area contributed by atoms with Crippen molar-refractivity contribution in [2.45, 2.75) is 20.3 Å². The van der Waals surface area contributed by atoms with Gasteiger partial charge in [0.25, 0.3) is 0 Å². The SMILES string of the molecule is CC(C)CCOCCNCI. The van der Waals surface area contributed by atoms with Crippen molar-refractivity contribution < 1.29 is 4.74 Å². The molecule has 1 N–H and O–H groups in total. The van der Waals surface area contributed by atoms with Crippen LogP contribution in [0.15, 0.2) is 0 Å². The third-order valence-electron chi connectivity index (χ3n) is 1.36. The monoisotopic (exact) mass is 271 g/mol. The van der Waals surface area contributed by atoms with Gasteiger partial charge in [-0.3, -0.25) is 0 Å². The van der Waals surface area contributed by atoms with Crippen molar-refractivity contribution in [3.8, 4) is 0 Å². The molecule has 0 fully saturated rings. The molecule has 2 nitrogen and oxygen atoms in total. The summed E-state index contributed by atoms with van der Waals surface area (Å²) in [6.07, 6.45) is 1.17. The van der Waals surface area contributed by atoms with E-state index < -0.39 is 0 Å². The third-order valence-corrected chi connectivity index (χ3v) is 1.90. The second-order valence-electron chi connectivity index (χ2n) is 2.93. The predicted octanol–water partition coefficient (Wildman–Crippen LogP) is 2.03. The Bertz CT molecular complexity index is 78.5. The number of halogens is 1. The van der Waals surface area contributed by atoms with Crippen LogP contribution < -0.4 is 5.32 Å². The van der Waals surface area contributed by atoms with Crippen molar-refractivity contribution in [3.63, 3.8) is 0 Å². The Kier molecular flexibility index (Phi) is 9.26. The van der Waals surface area contributed by atoms with E-state index in [1.807, 2.05) is 0 Å². The molecule has 68 valence electrons. The van der Waals surface area contributed by atoms with Gasteiger partial charge in [0.05, 0.1) is 6.61 Å². The topological polar surface area (TPSA) is 21.3 Å². The predicted molar refractivity (Wildman–Crippen MR) is 57.2 cm³/mol. The molecule has 0 atom stereocenters. The Morgan fingerprint density at radius 2 is 2.09 bits per heavy atom. The molecule has 0 radical (unpaired) electrons. The summed E-state index contributed by atoms with van der Waals surface area (Å²) in [5.41, 5.74) is 0. The molecule has 11 heavy (non-hydrogen) atoms. The van der Waals surface area contributed by atoms with E-state index in [0.29, 0.717) is 0 Å². The van der Waals surface area contributed by atoms with Gasteiger partial charge >= 0.3 is 0 Å². The minimum atomic E-state index is 0.757. The van der Waals surface area contributed by atoms with Crippen molar-refractivity contribution in [1.82, 2.24) is 5.32 Å². The van der Waals surface area contributed by atoms with Crippen molar-refractivity contribution in [3.05, 3.63) is 0 Å². The average Bonchev–Trinajstić information content (AvgIpc) is 1.96. The molecule has 0 amide bonds. The molecule has 0 unspecified atom stereocenters. The molecule has 0 aromatic rings. The summed E-state index contributed by atoms with van der Waals surface area (Å²) in [6.45, 7) is 7.15. The Morgan fingerprint density at radius 3 is 2.64 bits per heavy atom. The zero-order valence-electron chi connectivity index (χ0n) is 7.40. The second kappa shape index (κ2) is 8.74. The first-order valence-electron chi connectivity index (χ1n) is 4.11. The van der Waals surface area contributed by atoms with E-state index in [-0.39, 0.29) is 0 Å². The Balaban J connectivity index is 2.80. The van der Waals surface area contributed by atoms with Gasteiger partial charge in [-0.05, 0) is 12.3 Å². The maximum Gasteiger partial charge on any atom is 0.0591 e. The normalized spacial score (nSPS) is 10.9. The van der Waals surface area contributed by atoms with Gasteiger partial charge in [0.15, 0.2) is 0 Å². The van der Waals surface area contributed by atoms with Gasteiger partial charge < -0.3 is 10.1 Å². The van der Waals surface area contributed by atoms with Gasteiger partial charge in [0.2, 0.25) is 0 Å². The maximum absolute atomic E-state index is 5.38. The molecule has 0 aliphatic heterocycles. The van der Waals surface area contributed by atoms with Crippen LogP contribution >= 0.6 is 22.6 Å². The number of nitrogens with one attached hydrogen (secondary N) is 1. The number of hydrogen-bond acceptors (Lipinski definition) is 2. The van der Waals surface area contributed by atoms with Crippen LogP contribution in [0.3, 0.4) is 0 Å². The van der Waals surface area contributed by atoms with Crippen molar-refractivity contribution >= 4 is 22.6 Å². The van der Waals surface area contributed by atoms with Crippen LogP contribution in [0.2, 0.25) is 0 Å². The minimum Gasteiger partial charge on any atom is -0.380 e. The molecule has 0 rings (SSSR count). The molecule has 0 bridgehead atoms. The average molecular weight is 271 g/mol. The third kappa shape index (κ3) is 10.7. The molecular weight excluding hydrogens is 253 g/mol. The first kappa shape index (κ1) is 11.6. The van der Waals surface area contributed by atoms with Crippen LogP contribution in [0, 0.1) is 5.92 Å². The smallest absolute Gasteiger partial charge is 0.0591 e. The van der Waals surface area contributed by atoms with Crippen LogP contribution in [0.25, 0.3) is 0 Å². The summed E-state index contributed by atoms with van der Waals surface area (Å²) in [5, 5.41) is 3.20. The summed E-state index contributed by atoms with van der Waals surface area (Å²) < 4.78 is 6.39. The Labute approximate surface area is 83.2 Å². The van der Waals surface area contributed by atoms with Crippen LogP contribution in [0.1, 0.15) is 20.3 Å². The van der Waals surface area contributed by atoms with Crippen LogP contribution in [-0.4, -0.2) is 24.3 Å². The van der Waals surface area contributed by atoms with Gasteiger partial charge in [-0.25, -0.2) is 0 Å². The summed E-state index contributed by atoms with van der Waals surface area (Å²) in [6, 6.07) is 0. The van der Waals surface area contributed by atoms with Gasteiger partial charge in [-0.1, -0.05) is 36.4 Å². The van der Waals surface area contributed by atoms with Crippen LogP contribution in [0.5, 0.6) is 0 Å². The van der Waals surface area contributed by atoms with E-state index in [1.165, 1.54) is 6.42 Å². The lowest BCUT2D eigenvalue weighted by Gasteiger charge is -2.05. The van der Waals surface area contributed by atoms with Crippen LogP contribution in [-0.2, 0) is 4.74 Å². The highest BCUT2D eigenvalue weighted by molar-refractivity contribution is 14.1. The Morgan fingerprint density at radius 1 is 1.36 bits per heavy atom. The first-order chi connectivity index (χ1) is 5.27. The highest BCUT2D eigenvalue weighted by atomic mass is 127. The summed E-state index contributed by atoms with van der Waals surface area (Å²) in [7, 11) is 0. The van der Waals surface area contributed by atoms with Crippen molar-refractivity contribution in [2.24, 2.45) is 5.92 Å². The van der Waals surface area contributed by atoms with Gasteiger partial charge in [0, 0.05) is 17.7 Å². The number of alkyl halides is 1. The summed E-state index contributed by atoms with van der Waals surface area (Å²) in [5.74, 6) is 0.757. The highest BCUT2D eigenvalue weighted by Crippen LogP contribution is 1.98. The minimum absolute atomic E-state index is 0.757. The highest BCUT2D eigenvalue weighted by Gasteiger charge is 1.92. The fraction of sp³-hybridized carbons (Fsp3) is 1.00. The first-order valence-corrected chi connectivity index (χ1v) is 5.64. The molecule has 0 aromatic carbocycles. The van der Waals surface area contributed by atoms with E-state index in [4.69, 9.17) is 4.74 Å². The van der Waals surface area contributed by atoms with Crippen molar-refractivity contribution in [1.29, 1.82) is 0 Å². The van der Waals surface area contributed by atoms with E-state index in [9.17, 15) is 0 Å². The molecule has 0 saturated carbocycles. The van der Waals surface area contributed by atoms with Gasteiger partial charge in [0.1, 0.15) is 0 Å². The van der Waals surface area contributed by atoms with Crippen molar-refractivity contribution in [2.75, 3.05) is 24.3 Å². The number of ether oxygens (including phenoxy) is 1. The maximum atomic E-state index is 5.38. The Hall–Kier alpha value is 0.650. The summed E-state index contributed by atoms with van der Waals surface area (Å²) >= 11 is 2.29. The standard InChI is InChI=1S/C8H18INO/c1-8(2)3-5-11-6-4-10-7-9/h8,10H,3-7H2,1-2H3. The molecule has 0 heterocycles. The summed E-state index contributed by atoms with van der Waals surface area (Å²) in [4.78, 5) is 0. The number of rotatable bonds is 7. The van der Waals surface area contributed by atoms with E-state index in [0.717, 1.165) is 30.2 Å². The lowest BCUT2D eigenvalue weighted by atomic mass is 10.1. The molecule has 0 aliphatic carbocycles. The largest absolute Gasteiger partial charge is 0.380 e. The van der Waals surface area contributed by atoms with Gasteiger partial charge in [-0.15, -0.1) is 0 Å². The van der Waals surface area contributed by atoms with E-state index >= 15 is 0 Å². The van der Waals surface area contributed by atoms with E-state index in [1.54, 1.807) is 0 Å². The number of hydrogen-bond donors (Lipinski definition) is 1. The lowest BCUT2D eigenvalue weighted by Crippen LogP contribution is -2.18. The molecule has 0 aromatic heterocycles. The molecule has 3 heteroatoms. The van der Waals surface area contributed by atoms with E-state index in [2.05, 4.69) is 41.8 Å². The zero-order valence-corrected chi connectivity index (χ0v) is 9.56.